The predicted octanol–water partition coefficient (Wildman–Crippen LogP) is 2.55. The van der Waals surface area contributed by atoms with Crippen LogP contribution in [0, 0.1) is 5.92 Å². The highest BCUT2D eigenvalue weighted by atomic mass is 16.1. The van der Waals surface area contributed by atoms with Crippen LogP contribution in [0.5, 0.6) is 0 Å². The van der Waals surface area contributed by atoms with Crippen LogP contribution in [0.4, 0.5) is 0 Å². The number of unbranched alkanes of at least 4 members (excludes halogenated alkanes) is 1. The summed E-state index contributed by atoms with van der Waals surface area (Å²) in [7, 11) is 1.86. The fraction of sp³-hybridized carbons (Fsp3) is 0.750. The van der Waals surface area contributed by atoms with Gasteiger partial charge in [0.25, 0.3) is 0 Å². The van der Waals surface area contributed by atoms with E-state index in [-0.39, 0.29) is 11.5 Å². The molecule has 0 aliphatic rings. The quantitative estimate of drug-likeness (QED) is 0.502. The lowest BCUT2D eigenvalue weighted by Crippen LogP contribution is -2.49. The summed E-state index contributed by atoms with van der Waals surface area (Å²) in [5, 5.41) is 3.13. The van der Waals surface area contributed by atoms with E-state index in [2.05, 4.69) is 11.9 Å². The van der Waals surface area contributed by atoms with Crippen LogP contribution in [0.25, 0.3) is 0 Å². The third-order valence-electron chi connectivity index (χ3n) is 2.71. The van der Waals surface area contributed by atoms with Crippen molar-refractivity contribution >= 4 is 5.78 Å². The molecule has 0 aliphatic carbocycles. The van der Waals surface area contributed by atoms with Gasteiger partial charge in [-0.3, -0.25) is 4.79 Å². The van der Waals surface area contributed by atoms with Gasteiger partial charge < -0.3 is 5.32 Å². The van der Waals surface area contributed by atoms with E-state index in [4.69, 9.17) is 0 Å². The maximum absolute atomic E-state index is 11.9. The van der Waals surface area contributed by atoms with E-state index in [1.165, 1.54) is 0 Å². The number of Topliss-reactive ketones (excluding diaryl/α,β-unsaturated/α-hetero) is 1. The van der Waals surface area contributed by atoms with Crippen LogP contribution < -0.4 is 5.32 Å². The lowest BCUT2D eigenvalue weighted by atomic mass is 9.85. The Morgan fingerprint density at radius 1 is 1.57 bits per heavy atom. The summed E-state index contributed by atoms with van der Waals surface area (Å²) in [6.07, 6.45) is 4.77. The molecule has 82 valence electrons. The van der Waals surface area contributed by atoms with Gasteiger partial charge in [-0.2, -0.15) is 0 Å². The van der Waals surface area contributed by atoms with Gasteiger partial charge in [0.15, 0.2) is 5.78 Å². The third-order valence-corrected chi connectivity index (χ3v) is 2.71. The van der Waals surface area contributed by atoms with Crippen molar-refractivity contribution in [1.82, 2.24) is 5.32 Å². The summed E-state index contributed by atoms with van der Waals surface area (Å²) in [5.41, 5.74) is -0.364. The molecule has 0 heterocycles. The zero-order chi connectivity index (χ0) is 11.2. The molecule has 0 amide bonds. The molecule has 0 saturated carbocycles. The molecule has 0 rings (SSSR count). The standard InChI is InChI=1S/C12H23NO/c1-6-7-8-9-12(4,13-5)11(14)10(2)3/h6,10,13H,1,7-9H2,2-5H3/t12-/m1/s1. The average molecular weight is 197 g/mol. The molecule has 14 heavy (non-hydrogen) atoms. The minimum absolute atomic E-state index is 0.0937. The second kappa shape index (κ2) is 5.97. The first-order valence-corrected chi connectivity index (χ1v) is 5.32. The Hall–Kier alpha value is -0.630. The van der Waals surface area contributed by atoms with Gasteiger partial charge in [-0.05, 0) is 33.2 Å². The van der Waals surface area contributed by atoms with Crippen molar-refractivity contribution in [2.24, 2.45) is 5.92 Å². The van der Waals surface area contributed by atoms with Crippen LogP contribution in [0.15, 0.2) is 12.7 Å². The van der Waals surface area contributed by atoms with Crippen LogP contribution in [0.2, 0.25) is 0 Å². The summed E-state index contributed by atoms with van der Waals surface area (Å²) in [6.45, 7) is 9.56. The topological polar surface area (TPSA) is 29.1 Å². The second-order valence-electron chi connectivity index (χ2n) is 4.28. The fourth-order valence-corrected chi connectivity index (χ4v) is 1.61. The van der Waals surface area contributed by atoms with E-state index in [0.29, 0.717) is 5.78 Å². The van der Waals surface area contributed by atoms with Gasteiger partial charge in [-0.15, -0.1) is 6.58 Å². The fourth-order valence-electron chi connectivity index (χ4n) is 1.61. The van der Waals surface area contributed by atoms with Gasteiger partial charge in [0.1, 0.15) is 0 Å². The van der Waals surface area contributed by atoms with Gasteiger partial charge in [0.2, 0.25) is 0 Å². The summed E-state index contributed by atoms with van der Waals surface area (Å²) >= 11 is 0. The molecular formula is C12H23NO. The number of likely N-dealkylation sites (N-methyl/N-ethyl adjacent to an activating group) is 1. The average Bonchev–Trinajstić information content (AvgIpc) is 2.16. The maximum Gasteiger partial charge on any atom is 0.155 e. The van der Waals surface area contributed by atoms with E-state index < -0.39 is 0 Å². The zero-order valence-electron chi connectivity index (χ0n) is 9.89. The molecule has 2 heteroatoms. The molecule has 0 aromatic carbocycles. The van der Waals surface area contributed by atoms with E-state index in [1.807, 2.05) is 33.9 Å². The summed E-state index contributed by atoms with van der Waals surface area (Å²) in [4.78, 5) is 11.9. The Labute approximate surface area is 87.8 Å². The number of carbonyl (C=O) groups excluding carboxylic acids is 1. The third kappa shape index (κ3) is 3.62. The van der Waals surface area contributed by atoms with E-state index in [1.54, 1.807) is 0 Å². The van der Waals surface area contributed by atoms with Crippen LogP contribution >= 0.6 is 0 Å². The maximum atomic E-state index is 11.9. The number of hydrogen-bond acceptors (Lipinski definition) is 2. The zero-order valence-corrected chi connectivity index (χ0v) is 9.89. The van der Waals surface area contributed by atoms with Crippen molar-refractivity contribution in [2.45, 2.75) is 45.6 Å². The minimum Gasteiger partial charge on any atom is -0.308 e. The lowest BCUT2D eigenvalue weighted by molar-refractivity contribution is -0.128. The largest absolute Gasteiger partial charge is 0.308 e. The molecule has 0 aliphatic heterocycles. The smallest absolute Gasteiger partial charge is 0.155 e. The number of hydrogen-bond donors (Lipinski definition) is 1. The van der Waals surface area contributed by atoms with Gasteiger partial charge in [0, 0.05) is 5.92 Å². The summed E-state index contributed by atoms with van der Waals surface area (Å²) in [6, 6.07) is 0. The predicted molar refractivity (Wildman–Crippen MR) is 61.4 cm³/mol. The molecule has 0 spiro atoms. The highest BCUT2D eigenvalue weighted by Crippen LogP contribution is 2.18. The van der Waals surface area contributed by atoms with Crippen LogP contribution in [-0.4, -0.2) is 18.4 Å². The summed E-state index contributed by atoms with van der Waals surface area (Å²) < 4.78 is 0. The second-order valence-corrected chi connectivity index (χ2v) is 4.28. The Bertz CT molecular complexity index is 198. The Morgan fingerprint density at radius 3 is 2.50 bits per heavy atom. The van der Waals surface area contributed by atoms with Crippen molar-refractivity contribution in [1.29, 1.82) is 0 Å². The highest BCUT2D eigenvalue weighted by Gasteiger charge is 2.31. The molecule has 0 saturated heterocycles. The highest BCUT2D eigenvalue weighted by molar-refractivity contribution is 5.89. The van der Waals surface area contributed by atoms with Crippen molar-refractivity contribution in [2.75, 3.05) is 7.05 Å². The van der Waals surface area contributed by atoms with Gasteiger partial charge in [-0.25, -0.2) is 0 Å². The monoisotopic (exact) mass is 197 g/mol. The number of carbonyl (C=O) groups is 1. The van der Waals surface area contributed by atoms with Crippen LogP contribution in [-0.2, 0) is 4.79 Å². The van der Waals surface area contributed by atoms with Gasteiger partial charge in [-0.1, -0.05) is 19.9 Å². The van der Waals surface area contributed by atoms with Crippen molar-refractivity contribution in [3.05, 3.63) is 12.7 Å². The molecule has 0 fully saturated rings. The molecule has 0 bridgehead atoms. The van der Waals surface area contributed by atoms with Gasteiger partial charge >= 0.3 is 0 Å². The molecule has 2 nitrogen and oxygen atoms in total. The molecule has 0 radical (unpaired) electrons. The van der Waals surface area contributed by atoms with Crippen LogP contribution in [0.1, 0.15) is 40.0 Å². The lowest BCUT2D eigenvalue weighted by Gasteiger charge is -2.29. The minimum atomic E-state index is -0.364. The summed E-state index contributed by atoms with van der Waals surface area (Å²) in [5.74, 6) is 0.389. The van der Waals surface area contributed by atoms with Crippen molar-refractivity contribution in [3.63, 3.8) is 0 Å². The molecule has 1 atom stereocenters. The Kier molecular flexibility index (Phi) is 5.70. The van der Waals surface area contributed by atoms with Gasteiger partial charge in [0.05, 0.1) is 5.54 Å². The molecular weight excluding hydrogens is 174 g/mol. The number of allylic oxidation sites excluding steroid dienone is 1. The first-order chi connectivity index (χ1) is 6.48. The van der Waals surface area contributed by atoms with Crippen molar-refractivity contribution < 1.29 is 4.79 Å². The molecule has 1 N–H and O–H groups in total. The first kappa shape index (κ1) is 13.4. The van der Waals surface area contributed by atoms with E-state index in [9.17, 15) is 4.79 Å². The van der Waals surface area contributed by atoms with Crippen LogP contribution in [0.3, 0.4) is 0 Å². The normalized spacial score (nSPS) is 15.2. The van der Waals surface area contributed by atoms with E-state index in [0.717, 1.165) is 19.3 Å². The molecule has 0 unspecified atom stereocenters. The molecule has 0 aromatic heterocycles. The number of nitrogens with one attached hydrogen (secondary N) is 1. The van der Waals surface area contributed by atoms with E-state index >= 15 is 0 Å². The Balaban J connectivity index is 4.30. The SMILES string of the molecule is C=CCCC[C@@](C)(NC)C(=O)C(C)C. The first-order valence-electron chi connectivity index (χ1n) is 5.32. The Morgan fingerprint density at radius 2 is 2.14 bits per heavy atom. The number of ketones is 1. The number of rotatable bonds is 7. The molecule has 0 aromatic rings. The van der Waals surface area contributed by atoms with Crippen molar-refractivity contribution in [3.8, 4) is 0 Å².